The molecule has 1 amide bonds. The number of ether oxygens (including phenoxy) is 1. The molecule has 5 heteroatoms. The van der Waals surface area contributed by atoms with Gasteiger partial charge in [0.15, 0.2) is 0 Å². The average Bonchev–Trinajstić information content (AvgIpc) is 2.50. The summed E-state index contributed by atoms with van der Waals surface area (Å²) in [5, 5.41) is 10.5. The Hall–Kier alpha value is -0.810. The highest BCUT2D eigenvalue weighted by atomic mass is 16.6. The smallest absolute Gasteiger partial charge is 0.410 e. The summed E-state index contributed by atoms with van der Waals surface area (Å²) in [6, 6.07) is 0.204. The van der Waals surface area contributed by atoms with Gasteiger partial charge in [-0.2, -0.15) is 0 Å². The van der Waals surface area contributed by atoms with Crippen molar-refractivity contribution in [1.29, 1.82) is 0 Å². The minimum Gasteiger partial charge on any atom is -0.444 e. The van der Waals surface area contributed by atoms with Crippen LogP contribution in [-0.2, 0) is 4.74 Å². The van der Waals surface area contributed by atoms with E-state index in [4.69, 9.17) is 10.5 Å². The van der Waals surface area contributed by atoms with Crippen molar-refractivity contribution in [1.82, 2.24) is 4.90 Å². The van der Waals surface area contributed by atoms with Gasteiger partial charge in [-0.3, -0.25) is 0 Å². The first-order valence-electron chi connectivity index (χ1n) is 7.18. The molecular formula is C14H26N2O3. The van der Waals surface area contributed by atoms with Crippen LogP contribution in [-0.4, -0.2) is 45.9 Å². The zero-order valence-corrected chi connectivity index (χ0v) is 12.2. The predicted octanol–water partition coefficient (Wildman–Crippen LogP) is 1.63. The van der Waals surface area contributed by atoms with E-state index in [0.29, 0.717) is 25.8 Å². The Bertz CT molecular complexity index is 337. The first-order chi connectivity index (χ1) is 8.74. The quantitative estimate of drug-likeness (QED) is 0.799. The molecule has 2 unspecified atom stereocenters. The van der Waals surface area contributed by atoms with Crippen LogP contribution in [0.3, 0.4) is 0 Å². The molecule has 0 aromatic rings. The molecule has 0 aromatic carbocycles. The third-order valence-corrected chi connectivity index (χ3v) is 4.07. The molecule has 2 atom stereocenters. The van der Waals surface area contributed by atoms with Gasteiger partial charge >= 0.3 is 6.09 Å². The highest BCUT2D eigenvalue weighted by Gasteiger charge is 2.49. The topological polar surface area (TPSA) is 75.8 Å². The molecule has 2 bridgehead atoms. The molecule has 19 heavy (non-hydrogen) atoms. The third kappa shape index (κ3) is 3.20. The summed E-state index contributed by atoms with van der Waals surface area (Å²) >= 11 is 0. The number of nitrogens with zero attached hydrogens (tertiary/aromatic N) is 1. The van der Waals surface area contributed by atoms with E-state index in [2.05, 4.69) is 0 Å². The number of aliphatic hydroxyl groups is 1. The molecule has 2 rings (SSSR count). The van der Waals surface area contributed by atoms with Crippen molar-refractivity contribution in [2.45, 2.75) is 76.2 Å². The van der Waals surface area contributed by atoms with Crippen molar-refractivity contribution in [2.75, 3.05) is 6.54 Å². The first kappa shape index (κ1) is 14.6. The largest absolute Gasteiger partial charge is 0.444 e. The molecule has 0 aliphatic carbocycles. The summed E-state index contributed by atoms with van der Waals surface area (Å²) in [7, 11) is 0. The maximum absolute atomic E-state index is 12.2. The van der Waals surface area contributed by atoms with Crippen LogP contribution in [0, 0.1) is 0 Å². The van der Waals surface area contributed by atoms with Crippen molar-refractivity contribution in [3.8, 4) is 0 Å². The zero-order chi connectivity index (χ0) is 14.3. The Morgan fingerprint density at radius 3 is 2.32 bits per heavy atom. The van der Waals surface area contributed by atoms with Crippen LogP contribution in [0.1, 0.15) is 52.9 Å². The molecule has 5 nitrogen and oxygen atoms in total. The van der Waals surface area contributed by atoms with E-state index >= 15 is 0 Å². The molecule has 2 heterocycles. The van der Waals surface area contributed by atoms with Gasteiger partial charge in [0.1, 0.15) is 5.60 Å². The highest BCUT2D eigenvalue weighted by molar-refractivity contribution is 5.69. The van der Waals surface area contributed by atoms with Gasteiger partial charge in [0.25, 0.3) is 0 Å². The summed E-state index contributed by atoms with van der Waals surface area (Å²) in [5.74, 6) is 0. The SMILES string of the molecule is CC(C)(C)OC(=O)N1C2CCC1CC(O)(CCN)C2. The van der Waals surface area contributed by atoms with Crippen molar-refractivity contribution in [3.05, 3.63) is 0 Å². The number of hydrogen-bond donors (Lipinski definition) is 2. The maximum atomic E-state index is 12.2. The molecule has 0 aromatic heterocycles. The first-order valence-corrected chi connectivity index (χ1v) is 7.18. The van der Waals surface area contributed by atoms with Gasteiger partial charge < -0.3 is 20.5 Å². The van der Waals surface area contributed by atoms with Crippen molar-refractivity contribution < 1.29 is 14.6 Å². The van der Waals surface area contributed by atoms with E-state index in [-0.39, 0.29) is 18.2 Å². The Morgan fingerprint density at radius 2 is 1.89 bits per heavy atom. The highest BCUT2D eigenvalue weighted by Crippen LogP contribution is 2.42. The van der Waals surface area contributed by atoms with Crippen LogP contribution in [0.4, 0.5) is 4.79 Å². The van der Waals surface area contributed by atoms with E-state index in [1.807, 2.05) is 25.7 Å². The summed E-state index contributed by atoms with van der Waals surface area (Å²) in [6.07, 6.45) is 3.53. The van der Waals surface area contributed by atoms with E-state index in [1.165, 1.54) is 0 Å². The molecule has 2 fully saturated rings. The third-order valence-electron chi connectivity index (χ3n) is 4.07. The van der Waals surface area contributed by atoms with Gasteiger partial charge in [-0.25, -0.2) is 4.79 Å². The molecule has 3 N–H and O–H groups in total. The molecular weight excluding hydrogens is 244 g/mol. The maximum Gasteiger partial charge on any atom is 0.410 e. The summed E-state index contributed by atoms with van der Waals surface area (Å²) in [5.41, 5.74) is 4.40. The molecule has 0 saturated carbocycles. The Morgan fingerprint density at radius 1 is 1.37 bits per heavy atom. The fourth-order valence-corrected chi connectivity index (χ4v) is 3.41. The molecule has 0 radical (unpaired) electrons. The van der Waals surface area contributed by atoms with Crippen LogP contribution in [0.15, 0.2) is 0 Å². The van der Waals surface area contributed by atoms with Crippen LogP contribution in [0.5, 0.6) is 0 Å². The van der Waals surface area contributed by atoms with Gasteiger partial charge in [0, 0.05) is 12.1 Å². The zero-order valence-electron chi connectivity index (χ0n) is 12.2. The number of fused-ring (bicyclic) bond motifs is 2. The second-order valence-corrected chi connectivity index (χ2v) is 6.94. The molecule has 0 spiro atoms. The van der Waals surface area contributed by atoms with Crippen molar-refractivity contribution >= 4 is 6.09 Å². The van der Waals surface area contributed by atoms with Crippen molar-refractivity contribution in [3.63, 3.8) is 0 Å². The number of piperidine rings is 1. The van der Waals surface area contributed by atoms with E-state index < -0.39 is 11.2 Å². The van der Waals surface area contributed by atoms with E-state index in [0.717, 1.165) is 12.8 Å². The molecule has 110 valence electrons. The number of carbonyl (C=O) groups is 1. The normalized spacial score (nSPS) is 34.5. The molecule has 2 aliphatic heterocycles. The van der Waals surface area contributed by atoms with Gasteiger partial charge in [0.05, 0.1) is 5.60 Å². The van der Waals surface area contributed by atoms with Crippen LogP contribution >= 0.6 is 0 Å². The van der Waals surface area contributed by atoms with Gasteiger partial charge in [0.2, 0.25) is 0 Å². The Balaban J connectivity index is 2.05. The number of rotatable bonds is 2. The average molecular weight is 270 g/mol. The summed E-state index contributed by atoms with van der Waals surface area (Å²) in [6.45, 7) is 6.12. The fourth-order valence-electron chi connectivity index (χ4n) is 3.41. The van der Waals surface area contributed by atoms with Gasteiger partial charge in [-0.05, 0) is 59.4 Å². The minimum atomic E-state index is -0.695. The Kier molecular flexibility index (Phi) is 3.80. The summed E-state index contributed by atoms with van der Waals surface area (Å²) < 4.78 is 5.47. The van der Waals surface area contributed by atoms with Crippen LogP contribution in [0.25, 0.3) is 0 Å². The van der Waals surface area contributed by atoms with Gasteiger partial charge in [-0.15, -0.1) is 0 Å². The number of nitrogens with two attached hydrogens (primary N) is 1. The lowest BCUT2D eigenvalue weighted by atomic mass is 9.84. The van der Waals surface area contributed by atoms with Gasteiger partial charge in [-0.1, -0.05) is 0 Å². The molecule has 2 saturated heterocycles. The monoisotopic (exact) mass is 270 g/mol. The van der Waals surface area contributed by atoms with Crippen LogP contribution in [0.2, 0.25) is 0 Å². The number of hydrogen-bond acceptors (Lipinski definition) is 4. The lowest BCUT2D eigenvalue weighted by Crippen LogP contribution is -2.54. The predicted molar refractivity (Wildman–Crippen MR) is 72.7 cm³/mol. The lowest BCUT2D eigenvalue weighted by Gasteiger charge is -2.43. The van der Waals surface area contributed by atoms with Crippen molar-refractivity contribution in [2.24, 2.45) is 5.73 Å². The standard InChI is InChI=1S/C14H26N2O3/c1-13(2,3)19-12(17)16-10-4-5-11(16)9-14(18,8-10)6-7-15/h10-11,18H,4-9,15H2,1-3H3. The summed E-state index contributed by atoms with van der Waals surface area (Å²) in [4.78, 5) is 14.1. The number of amides is 1. The lowest BCUT2D eigenvalue weighted by molar-refractivity contribution is -0.0611. The van der Waals surface area contributed by atoms with E-state index in [1.54, 1.807) is 0 Å². The van der Waals surface area contributed by atoms with Crippen LogP contribution < -0.4 is 5.73 Å². The fraction of sp³-hybridized carbons (Fsp3) is 0.929. The Labute approximate surface area is 115 Å². The second kappa shape index (κ2) is 4.94. The minimum absolute atomic E-state index is 0.102. The number of carbonyl (C=O) groups excluding carboxylic acids is 1. The van der Waals surface area contributed by atoms with E-state index in [9.17, 15) is 9.90 Å². The molecule has 2 aliphatic rings. The second-order valence-electron chi connectivity index (χ2n) is 6.94.